The van der Waals surface area contributed by atoms with Crippen molar-refractivity contribution >= 4 is 39.2 Å². The maximum Gasteiger partial charge on any atom is 0.174 e. The summed E-state index contributed by atoms with van der Waals surface area (Å²) in [7, 11) is 0. The van der Waals surface area contributed by atoms with Gasteiger partial charge in [0, 0.05) is 15.9 Å². The zero-order valence-electron chi connectivity index (χ0n) is 7.68. The van der Waals surface area contributed by atoms with Crippen molar-refractivity contribution in [3.63, 3.8) is 0 Å². The van der Waals surface area contributed by atoms with E-state index in [1.54, 1.807) is 18.1 Å². The van der Waals surface area contributed by atoms with Crippen LogP contribution >= 0.6 is 39.2 Å². The number of nitrogens with two attached hydrogens (primary N) is 1. The number of rotatable bonds is 3. The summed E-state index contributed by atoms with van der Waals surface area (Å²) in [6, 6.07) is 6.11. The van der Waals surface area contributed by atoms with Crippen molar-refractivity contribution in [3.05, 3.63) is 34.6 Å². The molecule has 0 saturated heterocycles. The summed E-state index contributed by atoms with van der Waals surface area (Å²) in [6.07, 6.45) is 1.57. The van der Waals surface area contributed by atoms with Crippen LogP contribution in [-0.2, 0) is 6.54 Å². The number of halogens is 1. The Morgan fingerprint density at radius 3 is 2.93 bits per heavy atom. The van der Waals surface area contributed by atoms with Crippen molar-refractivity contribution in [2.75, 3.05) is 0 Å². The fourth-order valence-electron chi connectivity index (χ4n) is 1.07. The molecule has 2 aromatic rings. The minimum Gasteiger partial charge on any atom is -0.326 e. The standard InChI is InChI=1S/C9H8BrN3S2/c10-8-3-7(2-1-6(8)4-11)14-9-12-5-13-15-9/h1-3,5H,4,11H2. The number of benzene rings is 1. The van der Waals surface area contributed by atoms with Crippen LogP contribution in [0.3, 0.4) is 0 Å². The molecule has 0 atom stereocenters. The zero-order chi connectivity index (χ0) is 10.7. The number of hydrogen-bond acceptors (Lipinski definition) is 5. The average Bonchev–Trinajstić information content (AvgIpc) is 2.71. The van der Waals surface area contributed by atoms with Gasteiger partial charge in [0.05, 0.1) is 0 Å². The molecule has 6 heteroatoms. The van der Waals surface area contributed by atoms with Gasteiger partial charge in [-0.1, -0.05) is 33.8 Å². The van der Waals surface area contributed by atoms with Crippen molar-refractivity contribution in [3.8, 4) is 0 Å². The van der Waals surface area contributed by atoms with E-state index in [9.17, 15) is 0 Å². The van der Waals surface area contributed by atoms with Crippen molar-refractivity contribution in [1.82, 2.24) is 9.36 Å². The Hall–Kier alpha value is -0.430. The highest BCUT2D eigenvalue weighted by Crippen LogP contribution is 2.31. The highest BCUT2D eigenvalue weighted by Gasteiger charge is 2.03. The van der Waals surface area contributed by atoms with E-state index in [0.717, 1.165) is 19.3 Å². The first-order valence-corrected chi connectivity index (χ1v) is 6.61. The van der Waals surface area contributed by atoms with Gasteiger partial charge in [-0.3, -0.25) is 0 Å². The van der Waals surface area contributed by atoms with E-state index in [0.29, 0.717) is 6.54 Å². The molecule has 0 saturated carbocycles. The Kier molecular flexibility index (Phi) is 3.74. The van der Waals surface area contributed by atoms with Crippen LogP contribution in [0.5, 0.6) is 0 Å². The molecule has 0 radical (unpaired) electrons. The number of nitrogens with zero attached hydrogens (tertiary/aromatic N) is 2. The third kappa shape index (κ3) is 2.78. The summed E-state index contributed by atoms with van der Waals surface area (Å²) in [5, 5.41) is 0. The van der Waals surface area contributed by atoms with Gasteiger partial charge >= 0.3 is 0 Å². The van der Waals surface area contributed by atoms with Crippen LogP contribution in [-0.4, -0.2) is 9.36 Å². The molecule has 1 aromatic heterocycles. The van der Waals surface area contributed by atoms with Crippen LogP contribution in [0.25, 0.3) is 0 Å². The molecule has 0 aliphatic carbocycles. The molecule has 1 aromatic carbocycles. The SMILES string of the molecule is NCc1ccc(Sc2ncns2)cc1Br. The van der Waals surface area contributed by atoms with Crippen molar-refractivity contribution < 1.29 is 0 Å². The van der Waals surface area contributed by atoms with Gasteiger partial charge in [0.15, 0.2) is 4.34 Å². The van der Waals surface area contributed by atoms with E-state index in [4.69, 9.17) is 5.73 Å². The predicted octanol–water partition coefficient (Wildman–Crippen LogP) is 2.91. The summed E-state index contributed by atoms with van der Waals surface area (Å²) < 4.78 is 5.94. The average molecular weight is 302 g/mol. The normalized spacial score (nSPS) is 10.5. The third-order valence-electron chi connectivity index (χ3n) is 1.79. The van der Waals surface area contributed by atoms with Crippen LogP contribution in [0.1, 0.15) is 5.56 Å². The first-order chi connectivity index (χ1) is 7.29. The van der Waals surface area contributed by atoms with Gasteiger partial charge in [0.1, 0.15) is 6.33 Å². The Morgan fingerprint density at radius 2 is 2.33 bits per heavy atom. The van der Waals surface area contributed by atoms with E-state index in [2.05, 4.69) is 25.3 Å². The summed E-state index contributed by atoms with van der Waals surface area (Å²) in [4.78, 5) is 5.25. The second kappa shape index (κ2) is 5.07. The molecular formula is C9H8BrN3S2. The van der Waals surface area contributed by atoms with Gasteiger partial charge in [-0.05, 0) is 29.2 Å². The van der Waals surface area contributed by atoms with Crippen molar-refractivity contribution in [2.24, 2.45) is 5.73 Å². The van der Waals surface area contributed by atoms with Gasteiger partial charge in [0.25, 0.3) is 0 Å². The topological polar surface area (TPSA) is 51.8 Å². The van der Waals surface area contributed by atoms with Gasteiger partial charge in [-0.15, -0.1) is 0 Å². The molecule has 15 heavy (non-hydrogen) atoms. The summed E-state index contributed by atoms with van der Waals surface area (Å²) in [6.45, 7) is 0.546. The molecular weight excluding hydrogens is 294 g/mol. The molecule has 0 aliphatic rings. The first kappa shape index (κ1) is 11.1. The van der Waals surface area contributed by atoms with Crippen LogP contribution in [0.4, 0.5) is 0 Å². The van der Waals surface area contributed by atoms with E-state index in [-0.39, 0.29) is 0 Å². The Morgan fingerprint density at radius 1 is 1.47 bits per heavy atom. The summed E-state index contributed by atoms with van der Waals surface area (Å²) >= 11 is 6.48. The van der Waals surface area contributed by atoms with E-state index in [1.165, 1.54) is 11.5 Å². The van der Waals surface area contributed by atoms with Crippen molar-refractivity contribution in [2.45, 2.75) is 15.8 Å². The van der Waals surface area contributed by atoms with Gasteiger partial charge < -0.3 is 5.73 Å². The van der Waals surface area contributed by atoms with Crippen molar-refractivity contribution in [1.29, 1.82) is 0 Å². The molecule has 0 bridgehead atoms. The molecule has 0 aliphatic heterocycles. The predicted molar refractivity (Wildman–Crippen MR) is 66.1 cm³/mol. The second-order valence-electron chi connectivity index (χ2n) is 2.77. The van der Waals surface area contributed by atoms with Gasteiger partial charge in [0.2, 0.25) is 0 Å². The molecule has 2 N–H and O–H groups in total. The summed E-state index contributed by atoms with van der Waals surface area (Å²) in [5.41, 5.74) is 6.69. The largest absolute Gasteiger partial charge is 0.326 e. The number of hydrogen-bond donors (Lipinski definition) is 1. The van der Waals surface area contributed by atoms with Gasteiger partial charge in [-0.2, -0.15) is 4.37 Å². The van der Waals surface area contributed by atoms with Crippen LogP contribution in [0.15, 0.2) is 38.2 Å². The Labute approximate surface area is 104 Å². The fourth-order valence-corrected chi connectivity index (χ4v) is 3.22. The molecule has 0 amide bonds. The molecule has 0 fully saturated rings. The molecule has 0 unspecified atom stereocenters. The van der Waals surface area contributed by atoms with Crippen LogP contribution < -0.4 is 5.73 Å². The Balaban J connectivity index is 2.20. The van der Waals surface area contributed by atoms with E-state index >= 15 is 0 Å². The lowest BCUT2D eigenvalue weighted by Gasteiger charge is -2.03. The highest BCUT2D eigenvalue weighted by atomic mass is 79.9. The highest BCUT2D eigenvalue weighted by molar-refractivity contribution is 9.10. The monoisotopic (exact) mass is 301 g/mol. The third-order valence-corrected chi connectivity index (χ3v) is 4.23. The molecule has 78 valence electrons. The number of aromatic nitrogens is 2. The fraction of sp³-hybridized carbons (Fsp3) is 0.111. The molecule has 1 heterocycles. The quantitative estimate of drug-likeness (QED) is 0.947. The lowest BCUT2D eigenvalue weighted by atomic mass is 10.2. The lowest BCUT2D eigenvalue weighted by Crippen LogP contribution is -1.96. The van der Waals surface area contributed by atoms with Gasteiger partial charge in [-0.25, -0.2) is 4.98 Å². The summed E-state index contributed by atoms with van der Waals surface area (Å²) in [5.74, 6) is 0. The van der Waals surface area contributed by atoms with E-state index < -0.39 is 0 Å². The maximum atomic E-state index is 5.58. The second-order valence-corrected chi connectivity index (χ2v) is 5.72. The molecule has 2 rings (SSSR count). The first-order valence-electron chi connectivity index (χ1n) is 4.22. The minimum absolute atomic E-state index is 0.546. The molecule has 0 spiro atoms. The molecule has 3 nitrogen and oxygen atoms in total. The van der Waals surface area contributed by atoms with Crippen LogP contribution in [0, 0.1) is 0 Å². The smallest absolute Gasteiger partial charge is 0.174 e. The maximum absolute atomic E-state index is 5.58. The van der Waals surface area contributed by atoms with E-state index in [1.807, 2.05) is 18.2 Å². The lowest BCUT2D eigenvalue weighted by molar-refractivity contribution is 1.05. The van der Waals surface area contributed by atoms with Crippen LogP contribution in [0.2, 0.25) is 0 Å². The zero-order valence-corrected chi connectivity index (χ0v) is 10.9. The minimum atomic E-state index is 0.546. The Bertz CT molecular complexity index is 445.